The summed E-state index contributed by atoms with van der Waals surface area (Å²) in [5, 5.41) is 34.7. The molecule has 118 valence electrons. The lowest BCUT2D eigenvalue weighted by atomic mass is 9.96. The van der Waals surface area contributed by atoms with Crippen LogP contribution in [0, 0.1) is 5.53 Å². The minimum Gasteiger partial charge on any atom is -0.506 e. The number of phenolic OH excluding ortho intramolecular Hbond substituents is 3. The van der Waals surface area contributed by atoms with Crippen molar-refractivity contribution in [3.05, 3.63) is 18.2 Å². The molecule has 3 aromatic rings. The van der Waals surface area contributed by atoms with Crippen molar-refractivity contribution in [2.45, 2.75) is 0 Å². The van der Waals surface area contributed by atoms with E-state index in [0.717, 1.165) is 6.07 Å². The first-order chi connectivity index (χ1) is 10.9. The molecule has 0 aromatic heterocycles. The van der Waals surface area contributed by atoms with Crippen molar-refractivity contribution in [2.24, 2.45) is 11.0 Å². The van der Waals surface area contributed by atoms with Crippen molar-refractivity contribution in [3.8, 4) is 17.2 Å². The number of hydrazine groups is 1. The maximum Gasteiger partial charge on any atom is 0.141 e. The van der Waals surface area contributed by atoms with Gasteiger partial charge in [-0.25, -0.2) is 5.53 Å². The van der Waals surface area contributed by atoms with Crippen molar-refractivity contribution >= 4 is 44.3 Å². The van der Waals surface area contributed by atoms with Gasteiger partial charge in [0.05, 0.1) is 32.9 Å². The van der Waals surface area contributed by atoms with E-state index in [1.165, 1.54) is 12.1 Å². The molecule has 0 radical (unpaired) electrons. The molecule has 3 aromatic carbocycles. The van der Waals surface area contributed by atoms with E-state index in [4.69, 9.17) is 22.8 Å². The Balaban J connectivity index is 2.76. The smallest absolute Gasteiger partial charge is 0.141 e. The lowest BCUT2D eigenvalue weighted by Gasteiger charge is -2.17. The Bertz CT molecular complexity index is 986. The van der Waals surface area contributed by atoms with E-state index < -0.39 is 0 Å². The van der Waals surface area contributed by atoms with Crippen LogP contribution in [-0.2, 0) is 0 Å². The number of phenols is 3. The van der Waals surface area contributed by atoms with Crippen molar-refractivity contribution in [2.75, 3.05) is 16.9 Å². The summed E-state index contributed by atoms with van der Waals surface area (Å²) in [7, 11) is 0. The van der Waals surface area contributed by atoms with E-state index in [2.05, 4.69) is 10.5 Å². The minimum absolute atomic E-state index is 0.0150. The predicted molar refractivity (Wildman–Crippen MR) is 87.9 cm³/mol. The highest BCUT2D eigenvalue weighted by Crippen LogP contribution is 2.52. The first-order valence-corrected chi connectivity index (χ1v) is 6.47. The Hall–Kier alpha value is -3.46. The van der Waals surface area contributed by atoms with Crippen LogP contribution in [0.1, 0.15) is 0 Å². The highest BCUT2D eigenvalue weighted by Gasteiger charge is 2.23. The van der Waals surface area contributed by atoms with Crippen LogP contribution in [0.15, 0.2) is 23.3 Å². The molecule has 23 heavy (non-hydrogen) atoms. The maximum absolute atomic E-state index is 10.6. The first-order valence-electron chi connectivity index (χ1n) is 6.47. The Labute approximate surface area is 129 Å². The topological polar surface area (TPSA) is 187 Å². The van der Waals surface area contributed by atoms with Gasteiger partial charge in [0, 0.05) is 11.8 Å². The number of aromatic hydroxyl groups is 3. The third kappa shape index (κ3) is 1.77. The molecule has 0 heterocycles. The van der Waals surface area contributed by atoms with Crippen LogP contribution in [0.25, 0.3) is 21.5 Å². The highest BCUT2D eigenvalue weighted by molar-refractivity contribution is 6.23. The maximum atomic E-state index is 10.6. The van der Waals surface area contributed by atoms with Crippen LogP contribution in [0.5, 0.6) is 17.2 Å². The van der Waals surface area contributed by atoms with E-state index in [9.17, 15) is 15.3 Å². The molecule has 0 bridgehead atoms. The number of nitrogens with one attached hydrogen (secondary N) is 2. The summed E-state index contributed by atoms with van der Waals surface area (Å²) in [6.45, 7) is 0. The zero-order valence-electron chi connectivity index (χ0n) is 11.8. The fourth-order valence-corrected chi connectivity index (χ4v) is 2.73. The second-order valence-corrected chi connectivity index (χ2v) is 4.98. The largest absolute Gasteiger partial charge is 0.506 e. The van der Waals surface area contributed by atoms with Crippen LogP contribution in [0.4, 0.5) is 22.7 Å². The van der Waals surface area contributed by atoms with Gasteiger partial charge in [0.1, 0.15) is 22.9 Å². The average Bonchev–Trinajstić information content (AvgIpc) is 2.54. The number of hydrogen-bond donors (Lipinski definition) is 8. The van der Waals surface area contributed by atoms with Gasteiger partial charge >= 0.3 is 0 Å². The molecule has 9 nitrogen and oxygen atoms in total. The summed E-state index contributed by atoms with van der Waals surface area (Å²) in [5.74, 6) is 4.41. The molecule has 0 spiro atoms. The average molecular weight is 314 g/mol. The molecule has 0 atom stereocenters. The summed E-state index contributed by atoms with van der Waals surface area (Å²) in [5.41, 5.74) is 21.6. The summed E-state index contributed by atoms with van der Waals surface area (Å²) in [4.78, 5) is 0. The van der Waals surface area contributed by atoms with Crippen molar-refractivity contribution in [1.29, 1.82) is 5.53 Å². The number of benzene rings is 3. The molecular weight excluding hydrogens is 300 g/mol. The first kappa shape index (κ1) is 14.5. The lowest BCUT2D eigenvalue weighted by molar-refractivity contribution is 0.473. The predicted octanol–water partition coefficient (Wildman–Crippen LogP) is 2.22. The molecule has 9 heteroatoms. The molecule has 3 rings (SSSR count). The number of hydrogen-bond acceptors (Lipinski definition) is 9. The monoisotopic (exact) mass is 314 g/mol. The second kappa shape index (κ2) is 4.78. The van der Waals surface area contributed by atoms with Gasteiger partial charge in [-0.3, -0.25) is 5.84 Å². The van der Waals surface area contributed by atoms with Gasteiger partial charge in [-0.05, 0) is 12.1 Å². The molecular formula is C14H14N6O3. The fourth-order valence-electron chi connectivity index (χ4n) is 2.73. The van der Waals surface area contributed by atoms with Gasteiger partial charge < -0.3 is 32.2 Å². The summed E-state index contributed by atoms with van der Waals surface area (Å²) >= 11 is 0. The van der Waals surface area contributed by atoms with Gasteiger partial charge in [-0.15, -0.1) is 0 Å². The number of nitrogen functional groups attached to an aromatic ring is 3. The molecule has 0 saturated carbocycles. The van der Waals surface area contributed by atoms with Crippen molar-refractivity contribution in [3.63, 3.8) is 0 Å². The van der Waals surface area contributed by atoms with E-state index in [1.54, 1.807) is 0 Å². The molecule has 0 unspecified atom stereocenters. The Morgan fingerprint density at radius 1 is 0.957 bits per heavy atom. The lowest BCUT2D eigenvalue weighted by Crippen LogP contribution is -2.07. The Kier molecular flexibility index (Phi) is 3.01. The van der Waals surface area contributed by atoms with E-state index in [0.29, 0.717) is 5.69 Å². The number of nitrogens with zero attached hydrogens (tertiary/aromatic N) is 1. The second-order valence-electron chi connectivity index (χ2n) is 4.98. The third-order valence-corrected chi connectivity index (χ3v) is 3.79. The number of fused-ring (bicyclic) bond motifs is 2. The summed E-state index contributed by atoms with van der Waals surface area (Å²) in [6, 6.07) is 4.15. The van der Waals surface area contributed by atoms with Crippen LogP contribution in [0.3, 0.4) is 0 Å². The molecule has 0 aliphatic rings. The van der Waals surface area contributed by atoms with Crippen LogP contribution in [-0.4, -0.2) is 15.3 Å². The van der Waals surface area contributed by atoms with E-state index in [1.807, 2.05) is 0 Å². The molecule has 0 aliphatic carbocycles. The number of nitrogens with two attached hydrogens (primary N) is 3. The van der Waals surface area contributed by atoms with Gasteiger partial charge in [0.25, 0.3) is 0 Å². The Morgan fingerprint density at radius 3 is 2.22 bits per heavy atom. The van der Waals surface area contributed by atoms with Crippen molar-refractivity contribution < 1.29 is 15.3 Å². The number of rotatable bonds is 2. The minimum atomic E-state index is -0.372. The van der Waals surface area contributed by atoms with Crippen LogP contribution >= 0.6 is 0 Å². The highest BCUT2D eigenvalue weighted by atomic mass is 16.3. The third-order valence-electron chi connectivity index (χ3n) is 3.79. The van der Waals surface area contributed by atoms with Crippen LogP contribution < -0.4 is 22.7 Å². The zero-order valence-corrected chi connectivity index (χ0v) is 11.8. The molecule has 0 fully saturated rings. The SMILES string of the molecule is N=Nc1cc(O)c(N)c2c(O)c3c(NN)ccc(N)c3c(O)c12. The van der Waals surface area contributed by atoms with E-state index >= 15 is 0 Å². The summed E-state index contributed by atoms with van der Waals surface area (Å²) < 4.78 is 0. The molecule has 0 aliphatic heterocycles. The standard InChI is InChI=1S/C14H14N6O3/c15-4-1-2-5(19-17)9-8(4)13(22)10-6(20-18)3-7(21)12(16)11(10)14(9)23/h1-3,18-19,21-23H,15-17H2. The molecule has 0 saturated heterocycles. The fraction of sp³-hybridized carbons (Fsp3) is 0. The van der Waals surface area contributed by atoms with Gasteiger partial charge in [-0.1, -0.05) is 0 Å². The van der Waals surface area contributed by atoms with Gasteiger partial charge in [0.15, 0.2) is 0 Å². The quantitative estimate of drug-likeness (QED) is 0.0676. The van der Waals surface area contributed by atoms with Crippen molar-refractivity contribution in [1.82, 2.24) is 0 Å². The zero-order chi connectivity index (χ0) is 16.9. The van der Waals surface area contributed by atoms with E-state index in [-0.39, 0.29) is 55.9 Å². The summed E-state index contributed by atoms with van der Waals surface area (Å²) in [6.07, 6.45) is 0. The molecule has 0 amide bonds. The van der Waals surface area contributed by atoms with Gasteiger partial charge in [-0.2, -0.15) is 5.11 Å². The van der Waals surface area contributed by atoms with Gasteiger partial charge in [0.2, 0.25) is 0 Å². The number of anilines is 3. The Morgan fingerprint density at radius 2 is 1.61 bits per heavy atom. The normalized spacial score (nSPS) is 11.0. The van der Waals surface area contributed by atoms with Crippen LogP contribution in [0.2, 0.25) is 0 Å². The molecule has 11 N–H and O–H groups in total.